The fourth-order valence-electron chi connectivity index (χ4n) is 1.57. The summed E-state index contributed by atoms with van der Waals surface area (Å²) in [5, 5.41) is 9.59. The molecule has 1 aromatic carbocycles. The van der Waals surface area contributed by atoms with Crippen LogP contribution >= 0.6 is 23.2 Å². The molecule has 5 heteroatoms. The maximum Gasteiger partial charge on any atom is 0.217 e. The molecule has 0 aliphatic rings. The predicted molar refractivity (Wildman–Crippen MR) is 69.0 cm³/mol. The van der Waals surface area contributed by atoms with Gasteiger partial charge in [-0.25, -0.2) is 4.98 Å². The monoisotopic (exact) mass is 280 g/mol. The van der Waals surface area contributed by atoms with Gasteiger partial charge in [-0.1, -0.05) is 29.3 Å². The first kappa shape index (κ1) is 12.8. The van der Waals surface area contributed by atoms with Crippen molar-refractivity contribution in [3.63, 3.8) is 0 Å². The molecular weight excluding hydrogens is 274 g/mol. The van der Waals surface area contributed by atoms with Gasteiger partial charge in [-0.3, -0.25) is 0 Å². The van der Waals surface area contributed by atoms with Crippen LogP contribution in [0.1, 0.15) is 5.56 Å². The summed E-state index contributed by atoms with van der Waals surface area (Å²) in [6, 6.07) is 8.49. The minimum atomic E-state index is -0.634. The fourth-order valence-corrected chi connectivity index (χ4v) is 2.09. The molecule has 0 N–H and O–H groups in total. The lowest BCUT2D eigenvalue weighted by Crippen LogP contribution is -1.94. The van der Waals surface area contributed by atoms with Crippen molar-refractivity contribution >= 4 is 23.2 Å². The standard InChI is InChI=1S/C13H7Cl2FN2/c14-10-1-2-11(12(15)6-10)9-5-8(3-4-17)13(16)18-7-9/h1-2,5-7H,3H2. The Morgan fingerprint density at radius 1 is 1.28 bits per heavy atom. The zero-order valence-corrected chi connectivity index (χ0v) is 10.6. The summed E-state index contributed by atoms with van der Waals surface area (Å²) >= 11 is 11.9. The van der Waals surface area contributed by atoms with Crippen LogP contribution in [0.2, 0.25) is 10.0 Å². The van der Waals surface area contributed by atoms with Gasteiger partial charge in [0, 0.05) is 32.9 Å². The van der Waals surface area contributed by atoms with Crippen molar-refractivity contribution in [1.29, 1.82) is 5.26 Å². The van der Waals surface area contributed by atoms with Crippen LogP contribution in [-0.4, -0.2) is 4.98 Å². The third-order valence-electron chi connectivity index (χ3n) is 2.42. The van der Waals surface area contributed by atoms with Crippen LogP contribution in [0.25, 0.3) is 11.1 Å². The summed E-state index contributed by atoms with van der Waals surface area (Å²) in [6.07, 6.45) is 1.35. The molecule has 0 aliphatic carbocycles. The SMILES string of the molecule is N#CCc1cc(-c2ccc(Cl)cc2Cl)cnc1F. The quantitative estimate of drug-likeness (QED) is 0.771. The maximum absolute atomic E-state index is 13.3. The highest BCUT2D eigenvalue weighted by molar-refractivity contribution is 6.36. The van der Waals surface area contributed by atoms with E-state index >= 15 is 0 Å². The second kappa shape index (κ2) is 5.34. The Kier molecular flexibility index (Phi) is 3.81. The highest BCUT2D eigenvalue weighted by Gasteiger charge is 2.09. The number of aromatic nitrogens is 1. The van der Waals surface area contributed by atoms with E-state index in [2.05, 4.69) is 4.98 Å². The average molecular weight is 281 g/mol. The Labute approximate surface area is 114 Å². The molecule has 0 fully saturated rings. The number of rotatable bonds is 2. The molecule has 18 heavy (non-hydrogen) atoms. The number of nitrogens with zero attached hydrogens (tertiary/aromatic N) is 2. The van der Waals surface area contributed by atoms with E-state index < -0.39 is 5.95 Å². The molecule has 1 aromatic heterocycles. The van der Waals surface area contributed by atoms with Crippen LogP contribution in [0, 0.1) is 17.3 Å². The van der Waals surface area contributed by atoms with Crippen molar-refractivity contribution in [3.8, 4) is 17.2 Å². The van der Waals surface area contributed by atoms with Gasteiger partial charge in [0.05, 0.1) is 12.5 Å². The van der Waals surface area contributed by atoms with Crippen LogP contribution in [0.15, 0.2) is 30.5 Å². The van der Waals surface area contributed by atoms with Crippen molar-refractivity contribution in [1.82, 2.24) is 4.98 Å². The fraction of sp³-hybridized carbons (Fsp3) is 0.0769. The molecule has 0 atom stereocenters. The van der Waals surface area contributed by atoms with Gasteiger partial charge in [-0.15, -0.1) is 0 Å². The minimum Gasteiger partial charge on any atom is -0.227 e. The summed E-state index contributed by atoms with van der Waals surface area (Å²) in [6.45, 7) is 0. The molecule has 0 saturated heterocycles. The Morgan fingerprint density at radius 2 is 2.06 bits per heavy atom. The first-order valence-electron chi connectivity index (χ1n) is 5.08. The number of halogens is 3. The predicted octanol–water partition coefficient (Wildman–Crippen LogP) is 4.26. The van der Waals surface area contributed by atoms with Gasteiger partial charge in [0.1, 0.15) is 0 Å². The van der Waals surface area contributed by atoms with E-state index in [4.69, 9.17) is 28.5 Å². The summed E-state index contributed by atoms with van der Waals surface area (Å²) < 4.78 is 13.3. The molecule has 0 spiro atoms. The van der Waals surface area contributed by atoms with Crippen LogP contribution < -0.4 is 0 Å². The largest absolute Gasteiger partial charge is 0.227 e. The number of pyridine rings is 1. The molecule has 0 amide bonds. The second-order valence-corrected chi connectivity index (χ2v) is 4.48. The van der Waals surface area contributed by atoms with E-state index in [1.807, 2.05) is 6.07 Å². The lowest BCUT2D eigenvalue weighted by atomic mass is 10.0. The number of hydrogen-bond donors (Lipinski definition) is 0. The Balaban J connectivity index is 2.51. The molecular formula is C13H7Cl2FN2. The minimum absolute atomic E-state index is 0.0299. The van der Waals surface area contributed by atoms with Crippen LogP contribution in [0.3, 0.4) is 0 Å². The van der Waals surface area contributed by atoms with E-state index in [0.29, 0.717) is 21.2 Å². The zero-order valence-electron chi connectivity index (χ0n) is 9.12. The lowest BCUT2D eigenvalue weighted by Gasteiger charge is -2.06. The Hall–Kier alpha value is -1.63. The van der Waals surface area contributed by atoms with Gasteiger partial charge in [-0.2, -0.15) is 9.65 Å². The van der Waals surface area contributed by atoms with Gasteiger partial charge < -0.3 is 0 Å². The van der Waals surface area contributed by atoms with Crippen molar-refractivity contribution in [3.05, 3.63) is 52.0 Å². The molecule has 2 rings (SSSR count). The van der Waals surface area contributed by atoms with Crippen molar-refractivity contribution in [2.75, 3.05) is 0 Å². The van der Waals surface area contributed by atoms with E-state index in [1.54, 1.807) is 24.3 Å². The first-order chi connectivity index (χ1) is 8.61. The molecule has 0 bridgehead atoms. The van der Waals surface area contributed by atoms with Gasteiger partial charge in [-0.05, 0) is 18.2 Å². The number of nitriles is 1. The van der Waals surface area contributed by atoms with Gasteiger partial charge in [0.2, 0.25) is 5.95 Å². The van der Waals surface area contributed by atoms with Gasteiger partial charge in [0.25, 0.3) is 0 Å². The van der Waals surface area contributed by atoms with Crippen LogP contribution in [0.5, 0.6) is 0 Å². The van der Waals surface area contributed by atoms with Gasteiger partial charge in [0.15, 0.2) is 0 Å². The smallest absolute Gasteiger partial charge is 0.217 e. The molecule has 1 heterocycles. The summed E-state index contributed by atoms with van der Waals surface area (Å²) in [4.78, 5) is 3.63. The van der Waals surface area contributed by atoms with Crippen molar-refractivity contribution < 1.29 is 4.39 Å². The van der Waals surface area contributed by atoms with E-state index in [9.17, 15) is 4.39 Å². The Morgan fingerprint density at radius 3 is 2.72 bits per heavy atom. The van der Waals surface area contributed by atoms with Crippen molar-refractivity contribution in [2.24, 2.45) is 0 Å². The van der Waals surface area contributed by atoms with E-state index in [1.165, 1.54) is 6.20 Å². The molecule has 2 nitrogen and oxygen atoms in total. The van der Waals surface area contributed by atoms with Crippen molar-refractivity contribution in [2.45, 2.75) is 6.42 Å². The average Bonchev–Trinajstić information content (AvgIpc) is 2.33. The molecule has 0 radical (unpaired) electrons. The summed E-state index contributed by atoms with van der Waals surface area (Å²) in [5.74, 6) is -0.634. The number of hydrogen-bond acceptors (Lipinski definition) is 2. The normalized spacial score (nSPS) is 10.1. The third-order valence-corrected chi connectivity index (χ3v) is 2.97. The maximum atomic E-state index is 13.3. The molecule has 2 aromatic rings. The highest BCUT2D eigenvalue weighted by atomic mass is 35.5. The number of benzene rings is 1. The lowest BCUT2D eigenvalue weighted by molar-refractivity contribution is 0.571. The summed E-state index contributed by atoms with van der Waals surface area (Å²) in [7, 11) is 0. The Bertz CT molecular complexity index is 635. The van der Waals surface area contributed by atoms with E-state index in [0.717, 1.165) is 0 Å². The van der Waals surface area contributed by atoms with E-state index in [-0.39, 0.29) is 12.0 Å². The molecule has 90 valence electrons. The first-order valence-corrected chi connectivity index (χ1v) is 5.84. The van der Waals surface area contributed by atoms with Crippen LogP contribution in [-0.2, 0) is 6.42 Å². The second-order valence-electron chi connectivity index (χ2n) is 3.63. The molecule has 0 aliphatic heterocycles. The molecule has 0 unspecified atom stereocenters. The third kappa shape index (κ3) is 2.61. The topological polar surface area (TPSA) is 36.7 Å². The highest BCUT2D eigenvalue weighted by Crippen LogP contribution is 2.30. The van der Waals surface area contributed by atoms with Gasteiger partial charge >= 0.3 is 0 Å². The zero-order chi connectivity index (χ0) is 13.1. The van der Waals surface area contributed by atoms with Crippen LogP contribution in [0.4, 0.5) is 4.39 Å². The molecule has 0 saturated carbocycles. The summed E-state index contributed by atoms with van der Waals surface area (Å²) in [5.41, 5.74) is 1.61.